The van der Waals surface area contributed by atoms with Gasteiger partial charge in [0, 0.05) is 15.4 Å². The van der Waals surface area contributed by atoms with Gasteiger partial charge in [0.15, 0.2) is 0 Å². The third-order valence-electron chi connectivity index (χ3n) is 5.79. The van der Waals surface area contributed by atoms with Gasteiger partial charge in [0.2, 0.25) is 0 Å². The first-order valence-corrected chi connectivity index (χ1v) is 19.2. The van der Waals surface area contributed by atoms with Gasteiger partial charge in [0.1, 0.15) is 6.54 Å². The molecule has 0 amide bonds. The molecule has 0 radical (unpaired) electrons. The third kappa shape index (κ3) is 24.0. The molecule has 13 heteroatoms. The van der Waals surface area contributed by atoms with E-state index in [4.69, 9.17) is 23.3 Å². The van der Waals surface area contributed by atoms with Crippen molar-refractivity contribution in [3.05, 3.63) is 0 Å². The average molecular weight is 565 g/mol. The highest BCUT2D eigenvalue weighted by atomic mass is 32.2. The molecule has 0 aliphatic heterocycles. The van der Waals surface area contributed by atoms with Crippen molar-refractivity contribution < 1.29 is 44.6 Å². The normalized spacial score (nSPS) is 13.1. The maximum absolute atomic E-state index is 11.1. The molecule has 0 atom stereocenters. The Hall–Kier alpha value is -0.123. The summed E-state index contributed by atoms with van der Waals surface area (Å²) >= 11 is 0. The van der Waals surface area contributed by atoms with Crippen LogP contribution < -0.4 is 0 Å². The van der Waals surface area contributed by atoms with E-state index in [0.29, 0.717) is 63.2 Å². The molecular formula is C22H50NO9S2Si+. The van der Waals surface area contributed by atoms with Gasteiger partial charge in [-0.1, -0.05) is 26.1 Å². The molecule has 0 saturated heterocycles. The number of hydrogen-bond acceptors (Lipinski definition) is 7. The van der Waals surface area contributed by atoms with E-state index >= 15 is 0 Å². The third-order valence-corrected chi connectivity index (χ3v) is 8.96. The molecule has 0 aromatic heterocycles. The van der Waals surface area contributed by atoms with Gasteiger partial charge in [-0.05, 0) is 38.5 Å². The molecule has 0 aliphatic rings. The first-order chi connectivity index (χ1) is 16.4. The zero-order chi connectivity index (χ0) is 26.6. The molecule has 0 aromatic carbocycles. The van der Waals surface area contributed by atoms with Gasteiger partial charge in [-0.2, -0.15) is 16.8 Å². The highest BCUT2D eigenvalue weighted by molar-refractivity contribution is 7.86. The van der Waals surface area contributed by atoms with E-state index in [1.165, 1.54) is 6.04 Å². The molecule has 0 aromatic rings. The van der Waals surface area contributed by atoms with Crippen molar-refractivity contribution in [2.75, 3.05) is 77.3 Å². The summed E-state index contributed by atoms with van der Waals surface area (Å²) in [4.78, 5) is 0. The Kier molecular flexibility index (Phi) is 19.8. The fourth-order valence-corrected chi connectivity index (χ4v) is 6.05. The minimum absolute atomic E-state index is 0.259. The molecule has 2 N–H and O–H groups in total. The Bertz CT molecular complexity index is 678. The van der Waals surface area contributed by atoms with E-state index in [1.807, 2.05) is 0 Å². The molecule has 0 bridgehead atoms. The summed E-state index contributed by atoms with van der Waals surface area (Å²) < 4.78 is 80.0. The number of quaternary nitrogens is 1. The van der Waals surface area contributed by atoms with Gasteiger partial charge >= 0.3 is 0 Å². The van der Waals surface area contributed by atoms with E-state index in [-0.39, 0.29) is 11.5 Å². The van der Waals surface area contributed by atoms with Crippen LogP contribution in [0, 0.1) is 0 Å². The summed E-state index contributed by atoms with van der Waals surface area (Å²) in [5, 5.41) is 0. The molecule has 0 rings (SSSR count). The Morgan fingerprint density at radius 3 is 1.49 bits per heavy atom. The first-order valence-electron chi connectivity index (χ1n) is 12.9. The summed E-state index contributed by atoms with van der Waals surface area (Å²) in [5.74, 6) is -0.519. The van der Waals surface area contributed by atoms with E-state index in [1.54, 1.807) is 0 Å². The molecule has 0 aliphatic carbocycles. The molecular weight excluding hydrogens is 514 g/mol. The molecule has 0 heterocycles. The second-order valence-electron chi connectivity index (χ2n) is 9.60. The van der Waals surface area contributed by atoms with Crippen LogP contribution in [0.2, 0.25) is 19.1 Å². The van der Waals surface area contributed by atoms with Crippen molar-refractivity contribution in [2.45, 2.75) is 64.6 Å². The summed E-state index contributed by atoms with van der Waals surface area (Å²) in [5.41, 5.74) is 0. The van der Waals surface area contributed by atoms with Crippen molar-refractivity contribution in [1.29, 1.82) is 0 Å². The second kappa shape index (κ2) is 19.9. The van der Waals surface area contributed by atoms with Gasteiger partial charge in [0.05, 0.1) is 64.2 Å². The number of unbranched alkanes of at least 4 members (excludes halogenated alkanes) is 2. The van der Waals surface area contributed by atoms with Crippen LogP contribution >= 0.6 is 0 Å². The summed E-state index contributed by atoms with van der Waals surface area (Å²) in [6.45, 7) is 13.1. The van der Waals surface area contributed by atoms with E-state index in [0.717, 1.165) is 45.6 Å². The van der Waals surface area contributed by atoms with Crippen LogP contribution in [0.5, 0.6) is 0 Å². The van der Waals surface area contributed by atoms with Crippen molar-refractivity contribution in [1.82, 2.24) is 0 Å². The minimum Gasteiger partial charge on any atom is -0.379 e. The van der Waals surface area contributed by atoms with Gasteiger partial charge in [-0.3, -0.25) is 9.11 Å². The maximum Gasteiger partial charge on any atom is 0.264 e. The Labute approximate surface area is 215 Å². The second-order valence-corrected chi connectivity index (χ2v) is 16.1. The summed E-state index contributed by atoms with van der Waals surface area (Å²) in [6.07, 6.45) is 4.06. The average Bonchev–Trinajstić information content (AvgIpc) is 2.74. The number of ether oxygens (including phenoxy) is 3. The molecule has 0 saturated carbocycles. The van der Waals surface area contributed by atoms with Gasteiger partial charge in [-0.15, -0.1) is 0 Å². The monoisotopic (exact) mass is 564 g/mol. The molecule has 0 fully saturated rings. The lowest BCUT2D eigenvalue weighted by atomic mass is 10.2. The predicted molar refractivity (Wildman–Crippen MR) is 142 cm³/mol. The van der Waals surface area contributed by atoms with Crippen LogP contribution in [-0.2, 0) is 34.4 Å². The van der Waals surface area contributed by atoms with Crippen LogP contribution in [0.15, 0.2) is 0 Å². The minimum atomic E-state index is -3.99. The first kappa shape index (κ1) is 34.9. The van der Waals surface area contributed by atoms with Crippen LogP contribution in [0.3, 0.4) is 0 Å². The summed E-state index contributed by atoms with van der Waals surface area (Å²) in [6, 6.07) is 1.20. The fraction of sp³-hybridized carbons (Fsp3) is 1.00. The van der Waals surface area contributed by atoms with Crippen LogP contribution in [0.4, 0.5) is 0 Å². The SMILES string of the molecule is CCCOCCOCCOCC[N+](CCCCS(=O)(=O)O)(CCCCS(=O)(=O)O)CCC[SiH](C)C. The van der Waals surface area contributed by atoms with E-state index in [2.05, 4.69) is 20.0 Å². The zero-order valence-electron chi connectivity index (χ0n) is 22.0. The predicted octanol–water partition coefficient (Wildman–Crippen LogP) is 2.48. The lowest BCUT2D eigenvalue weighted by Gasteiger charge is -2.39. The molecule has 10 nitrogen and oxygen atoms in total. The quantitative estimate of drug-likeness (QED) is 0.0741. The van der Waals surface area contributed by atoms with Gasteiger partial charge in [0.25, 0.3) is 20.2 Å². The standard InChI is InChI=1S/C22H49NO9S2Si/c1-4-14-30-16-18-32-19-17-31-15-13-23(12-9-22-35(2)3,10-5-7-20-33(24,25)26)11-6-8-21-34(27,28)29/h35H,4-22H2,1-3H3,(H-,24,25,26,27,28,29)/p+1. The Balaban J connectivity index is 4.86. The van der Waals surface area contributed by atoms with Crippen molar-refractivity contribution in [3.8, 4) is 0 Å². The fourth-order valence-electron chi connectivity index (χ4n) is 3.91. The van der Waals surface area contributed by atoms with E-state index in [9.17, 15) is 16.8 Å². The van der Waals surface area contributed by atoms with Gasteiger partial charge in [-0.25, -0.2) is 0 Å². The highest BCUT2D eigenvalue weighted by Gasteiger charge is 2.27. The van der Waals surface area contributed by atoms with Crippen LogP contribution in [-0.4, -0.2) is 117 Å². The van der Waals surface area contributed by atoms with Crippen LogP contribution in [0.1, 0.15) is 45.4 Å². The number of hydrogen-bond donors (Lipinski definition) is 2. The molecule has 0 unspecified atom stereocenters. The zero-order valence-corrected chi connectivity index (χ0v) is 24.8. The Morgan fingerprint density at radius 1 is 0.629 bits per heavy atom. The molecule has 35 heavy (non-hydrogen) atoms. The largest absolute Gasteiger partial charge is 0.379 e. The lowest BCUT2D eigenvalue weighted by molar-refractivity contribution is -0.929. The highest BCUT2D eigenvalue weighted by Crippen LogP contribution is 2.16. The Morgan fingerprint density at radius 2 is 1.06 bits per heavy atom. The van der Waals surface area contributed by atoms with Crippen molar-refractivity contribution in [3.63, 3.8) is 0 Å². The number of nitrogens with zero attached hydrogens (tertiary/aromatic N) is 1. The van der Waals surface area contributed by atoms with Crippen molar-refractivity contribution >= 4 is 29.0 Å². The molecule has 212 valence electrons. The molecule has 0 spiro atoms. The van der Waals surface area contributed by atoms with Crippen LogP contribution in [0.25, 0.3) is 0 Å². The smallest absolute Gasteiger partial charge is 0.264 e. The van der Waals surface area contributed by atoms with Crippen molar-refractivity contribution in [2.24, 2.45) is 0 Å². The topological polar surface area (TPSA) is 136 Å². The van der Waals surface area contributed by atoms with E-state index < -0.39 is 29.0 Å². The lowest BCUT2D eigenvalue weighted by Crippen LogP contribution is -2.52. The van der Waals surface area contributed by atoms with Gasteiger partial charge < -0.3 is 18.7 Å². The maximum atomic E-state index is 11.1. The summed E-state index contributed by atoms with van der Waals surface area (Å²) in [7, 11) is -8.70. The number of rotatable bonds is 25.